The van der Waals surface area contributed by atoms with Crippen LogP contribution in [0.3, 0.4) is 0 Å². The van der Waals surface area contributed by atoms with Crippen molar-refractivity contribution >= 4 is 0 Å². The van der Waals surface area contributed by atoms with Crippen LogP contribution in [0.4, 0.5) is 0 Å². The summed E-state index contributed by atoms with van der Waals surface area (Å²) in [6.07, 6.45) is 4.43. The Morgan fingerprint density at radius 3 is 2.69 bits per heavy atom. The SMILES string of the molecule is CCC(O)(C#CCOC1CCCCO1)CC. The predicted molar refractivity (Wildman–Crippen MR) is 62.9 cm³/mol. The first-order chi connectivity index (χ1) is 7.70. The molecule has 1 unspecified atom stereocenters. The Morgan fingerprint density at radius 1 is 1.38 bits per heavy atom. The van der Waals surface area contributed by atoms with E-state index >= 15 is 0 Å². The molecule has 0 saturated carbocycles. The first-order valence-corrected chi connectivity index (χ1v) is 6.16. The second-order valence-electron chi connectivity index (χ2n) is 4.15. The molecule has 1 aliphatic heterocycles. The summed E-state index contributed by atoms with van der Waals surface area (Å²) in [5, 5.41) is 9.91. The van der Waals surface area contributed by atoms with Crippen LogP contribution in [0.1, 0.15) is 46.0 Å². The van der Waals surface area contributed by atoms with Gasteiger partial charge in [-0.1, -0.05) is 25.7 Å². The lowest BCUT2D eigenvalue weighted by Crippen LogP contribution is -2.25. The van der Waals surface area contributed by atoms with E-state index < -0.39 is 5.60 Å². The second-order valence-corrected chi connectivity index (χ2v) is 4.15. The van der Waals surface area contributed by atoms with Crippen molar-refractivity contribution in [1.82, 2.24) is 0 Å². The number of hydrogen-bond acceptors (Lipinski definition) is 3. The Kier molecular flexibility index (Phi) is 5.83. The Bertz CT molecular complexity index is 242. The van der Waals surface area contributed by atoms with E-state index in [2.05, 4.69) is 11.8 Å². The third-order valence-electron chi connectivity index (χ3n) is 2.97. The second kappa shape index (κ2) is 6.90. The summed E-state index contributed by atoms with van der Waals surface area (Å²) in [4.78, 5) is 0. The minimum absolute atomic E-state index is 0.0978. The molecular weight excluding hydrogens is 204 g/mol. The summed E-state index contributed by atoms with van der Waals surface area (Å²) in [5.41, 5.74) is -0.850. The summed E-state index contributed by atoms with van der Waals surface area (Å²) >= 11 is 0. The lowest BCUT2D eigenvalue weighted by atomic mass is 9.99. The van der Waals surface area contributed by atoms with Gasteiger partial charge in [0.15, 0.2) is 6.29 Å². The van der Waals surface area contributed by atoms with Crippen molar-refractivity contribution in [2.24, 2.45) is 0 Å². The van der Waals surface area contributed by atoms with Gasteiger partial charge >= 0.3 is 0 Å². The molecule has 1 saturated heterocycles. The summed E-state index contributed by atoms with van der Waals surface area (Å²) < 4.78 is 10.9. The van der Waals surface area contributed by atoms with Crippen LogP contribution in [0.5, 0.6) is 0 Å². The van der Waals surface area contributed by atoms with E-state index in [0.717, 1.165) is 25.9 Å². The number of aliphatic hydroxyl groups is 1. The third kappa shape index (κ3) is 4.52. The highest BCUT2D eigenvalue weighted by Crippen LogP contribution is 2.14. The van der Waals surface area contributed by atoms with E-state index in [1.54, 1.807) is 0 Å². The highest BCUT2D eigenvalue weighted by atomic mass is 16.7. The van der Waals surface area contributed by atoms with Gasteiger partial charge in [-0.05, 0) is 32.1 Å². The van der Waals surface area contributed by atoms with Crippen molar-refractivity contribution in [2.75, 3.05) is 13.2 Å². The number of hydrogen-bond donors (Lipinski definition) is 1. The molecule has 1 rings (SSSR count). The van der Waals surface area contributed by atoms with E-state index in [9.17, 15) is 5.11 Å². The van der Waals surface area contributed by atoms with Gasteiger partial charge in [0, 0.05) is 6.61 Å². The zero-order valence-electron chi connectivity index (χ0n) is 10.3. The van der Waals surface area contributed by atoms with Gasteiger partial charge in [-0.2, -0.15) is 0 Å². The van der Waals surface area contributed by atoms with Gasteiger partial charge in [0.05, 0.1) is 0 Å². The fraction of sp³-hybridized carbons (Fsp3) is 0.846. The van der Waals surface area contributed by atoms with Gasteiger partial charge in [-0.15, -0.1) is 0 Å². The van der Waals surface area contributed by atoms with Crippen molar-refractivity contribution in [2.45, 2.75) is 57.8 Å². The molecule has 1 N–H and O–H groups in total. The predicted octanol–water partition coefficient (Wildman–Crippen LogP) is 2.08. The van der Waals surface area contributed by atoms with Gasteiger partial charge in [0.1, 0.15) is 12.2 Å². The van der Waals surface area contributed by atoms with Crippen LogP contribution in [0.2, 0.25) is 0 Å². The van der Waals surface area contributed by atoms with Crippen molar-refractivity contribution in [3.05, 3.63) is 0 Å². The average Bonchev–Trinajstić information content (AvgIpc) is 2.36. The molecule has 1 fully saturated rings. The molecule has 0 spiro atoms. The summed E-state index contributed by atoms with van der Waals surface area (Å²) in [6, 6.07) is 0. The highest BCUT2D eigenvalue weighted by molar-refractivity contribution is 5.13. The first-order valence-electron chi connectivity index (χ1n) is 6.16. The Morgan fingerprint density at radius 2 is 2.12 bits per heavy atom. The van der Waals surface area contributed by atoms with E-state index in [-0.39, 0.29) is 6.29 Å². The van der Waals surface area contributed by atoms with Crippen LogP contribution in [-0.4, -0.2) is 30.2 Å². The molecule has 0 bridgehead atoms. The monoisotopic (exact) mass is 226 g/mol. The van der Waals surface area contributed by atoms with Crippen LogP contribution < -0.4 is 0 Å². The molecule has 1 heterocycles. The summed E-state index contributed by atoms with van der Waals surface area (Å²) in [6.45, 7) is 4.99. The van der Waals surface area contributed by atoms with Gasteiger partial charge in [0.2, 0.25) is 0 Å². The topological polar surface area (TPSA) is 38.7 Å². The fourth-order valence-corrected chi connectivity index (χ4v) is 1.60. The maximum atomic E-state index is 9.91. The first kappa shape index (κ1) is 13.5. The zero-order valence-corrected chi connectivity index (χ0v) is 10.3. The molecule has 92 valence electrons. The van der Waals surface area contributed by atoms with Crippen LogP contribution in [0, 0.1) is 11.8 Å². The van der Waals surface area contributed by atoms with E-state index in [0.29, 0.717) is 19.4 Å². The molecule has 16 heavy (non-hydrogen) atoms. The number of rotatable bonds is 4. The standard InChI is InChI=1S/C13H22O3/c1-3-13(14,4-2)9-7-11-16-12-8-5-6-10-15-12/h12,14H,3-6,8,10-11H2,1-2H3. The zero-order chi connectivity index (χ0) is 11.9. The lowest BCUT2D eigenvalue weighted by molar-refractivity contribution is -0.154. The van der Waals surface area contributed by atoms with Crippen molar-refractivity contribution < 1.29 is 14.6 Å². The molecule has 0 aromatic rings. The smallest absolute Gasteiger partial charge is 0.158 e. The van der Waals surface area contributed by atoms with Crippen LogP contribution in [0.25, 0.3) is 0 Å². The summed E-state index contributed by atoms with van der Waals surface area (Å²) in [7, 11) is 0. The van der Waals surface area contributed by atoms with Crippen molar-refractivity contribution in [3.8, 4) is 11.8 Å². The van der Waals surface area contributed by atoms with Gasteiger partial charge in [-0.25, -0.2) is 0 Å². The summed E-state index contributed by atoms with van der Waals surface area (Å²) in [5.74, 6) is 5.73. The third-order valence-corrected chi connectivity index (χ3v) is 2.97. The highest BCUT2D eigenvalue weighted by Gasteiger charge is 2.18. The number of ether oxygens (including phenoxy) is 2. The normalized spacial score (nSPS) is 21.3. The van der Waals surface area contributed by atoms with Crippen LogP contribution in [0.15, 0.2) is 0 Å². The minimum Gasteiger partial charge on any atom is -0.378 e. The van der Waals surface area contributed by atoms with Gasteiger partial charge in [0.25, 0.3) is 0 Å². The largest absolute Gasteiger partial charge is 0.378 e. The Hall–Kier alpha value is -0.560. The molecule has 1 atom stereocenters. The average molecular weight is 226 g/mol. The molecule has 0 aromatic heterocycles. The van der Waals surface area contributed by atoms with Crippen LogP contribution >= 0.6 is 0 Å². The fourth-order valence-electron chi connectivity index (χ4n) is 1.60. The molecule has 0 radical (unpaired) electrons. The van der Waals surface area contributed by atoms with Gasteiger partial charge < -0.3 is 14.6 Å². The molecule has 0 aromatic carbocycles. The molecule has 1 aliphatic rings. The minimum atomic E-state index is -0.850. The van der Waals surface area contributed by atoms with Crippen molar-refractivity contribution in [1.29, 1.82) is 0 Å². The molecule has 3 nitrogen and oxygen atoms in total. The van der Waals surface area contributed by atoms with E-state index in [1.807, 2.05) is 13.8 Å². The van der Waals surface area contributed by atoms with Crippen LogP contribution in [-0.2, 0) is 9.47 Å². The quantitative estimate of drug-likeness (QED) is 0.746. The molecule has 0 amide bonds. The Balaban J connectivity index is 2.25. The van der Waals surface area contributed by atoms with E-state index in [1.165, 1.54) is 0 Å². The van der Waals surface area contributed by atoms with Gasteiger partial charge in [-0.3, -0.25) is 0 Å². The molecule has 3 heteroatoms. The maximum absolute atomic E-state index is 9.91. The van der Waals surface area contributed by atoms with Crippen molar-refractivity contribution in [3.63, 3.8) is 0 Å². The maximum Gasteiger partial charge on any atom is 0.158 e. The molecular formula is C13H22O3. The van der Waals surface area contributed by atoms with E-state index in [4.69, 9.17) is 9.47 Å². The lowest BCUT2D eigenvalue weighted by Gasteiger charge is -2.21. The Labute approximate surface area is 98.1 Å². The molecule has 0 aliphatic carbocycles.